The Bertz CT molecular complexity index is 339. The van der Waals surface area contributed by atoms with Crippen molar-refractivity contribution in [3.63, 3.8) is 0 Å². The predicted octanol–water partition coefficient (Wildman–Crippen LogP) is -1.19. The maximum Gasteiger partial charge on any atom is 0.190 e. The van der Waals surface area contributed by atoms with E-state index in [1.54, 1.807) is 4.68 Å². The van der Waals surface area contributed by atoms with Crippen molar-refractivity contribution in [1.29, 1.82) is 5.41 Å². The molecule has 0 aliphatic rings. The number of thioether (sulfide) groups is 1. The highest BCUT2D eigenvalue weighted by atomic mass is 32.2. The van der Waals surface area contributed by atoms with Crippen LogP contribution in [0.4, 0.5) is 0 Å². The van der Waals surface area contributed by atoms with Crippen LogP contribution in [0.25, 0.3) is 0 Å². The van der Waals surface area contributed by atoms with Crippen molar-refractivity contribution in [2.24, 2.45) is 5.73 Å². The molecular formula is C7H13N7OS. The molecule has 0 atom stereocenters. The van der Waals surface area contributed by atoms with Gasteiger partial charge in [-0.25, -0.2) is 4.68 Å². The summed E-state index contributed by atoms with van der Waals surface area (Å²) in [5.41, 5.74) is 5.07. The van der Waals surface area contributed by atoms with Crippen LogP contribution in [-0.4, -0.2) is 43.6 Å². The molecule has 0 saturated heterocycles. The lowest BCUT2D eigenvalue weighted by Crippen LogP contribution is -2.31. The Morgan fingerprint density at radius 2 is 2.44 bits per heavy atom. The zero-order valence-corrected chi connectivity index (χ0v) is 9.40. The normalized spacial score (nSPS) is 10.0. The van der Waals surface area contributed by atoms with Gasteiger partial charge in [0.05, 0.1) is 6.54 Å². The van der Waals surface area contributed by atoms with E-state index in [1.165, 1.54) is 18.1 Å². The number of carbonyl (C=O) groups is 1. The number of nitrogens with zero attached hydrogens (tertiary/aromatic N) is 4. The number of nitrogens with one attached hydrogen (secondary N) is 2. The third kappa shape index (κ3) is 5.29. The second-order valence-corrected chi connectivity index (χ2v) is 4.04. The van der Waals surface area contributed by atoms with Crippen LogP contribution >= 0.6 is 11.8 Å². The van der Waals surface area contributed by atoms with Crippen LogP contribution in [0.15, 0.2) is 6.33 Å². The third-order valence-electron chi connectivity index (χ3n) is 1.62. The minimum absolute atomic E-state index is 0.0572. The topological polar surface area (TPSA) is 123 Å². The molecular weight excluding hydrogens is 230 g/mol. The number of rotatable bonds is 6. The summed E-state index contributed by atoms with van der Waals surface area (Å²) in [5, 5.41) is 20.2. The van der Waals surface area contributed by atoms with E-state index >= 15 is 0 Å². The summed E-state index contributed by atoms with van der Waals surface area (Å²) in [5.74, 6) is 0.510. The van der Waals surface area contributed by atoms with E-state index in [9.17, 15) is 4.79 Å². The summed E-state index contributed by atoms with van der Waals surface area (Å²) in [4.78, 5) is 11.3. The molecule has 0 bridgehead atoms. The van der Waals surface area contributed by atoms with Gasteiger partial charge >= 0.3 is 0 Å². The highest BCUT2D eigenvalue weighted by Crippen LogP contribution is 2.04. The maximum absolute atomic E-state index is 11.3. The first kappa shape index (κ1) is 12.4. The number of aryl methyl sites for hydroxylation is 1. The van der Waals surface area contributed by atoms with Gasteiger partial charge in [-0.2, -0.15) is 0 Å². The smallest absolute Gasteiger partial charge is 0.190 e. The van der Waals surface area contributed by atoms with E-state index in [0.717, 1.165) is 0 Å². The molecule has 0 amide bonds. The number of guanidine groups is 1. The first-order valence-electron chi connectivity index (χ1n) is 4.63. The summed E-state index contributed by atoms with van der Waals surface area (Å²) >= 11 is 1.22. The lowest BCUT2D eigenvalue weighted by Gasteiger charge is -2.02. The van der Waals surface area contributed by atoms with E-state index in [1.807, 2.05) is 0 Å². The molecule has 0 aliphatic heterocycles. The fraction of sp³-hybridized carbons (Fsp3) is 0.571. The Hall–Kier alpha value is -1.64. The fourth-order valence-electron chi connectivity index (χ4n) is 0.907. The van der Waals surface area contributed by atoms with Crippen LogP contribution in [0.2, 0.25) is 0 Å². The first-order chi connectivity index (χ1) is 7.68. The highest BCUT2D eigenvalue weighted by Gasteiger charge is 2.03. The Kier molecular flexibility index (Phi) is 5.26. The molecule has 1 rings (SSSR count). The van der Waals surface area contributed by atoms with E-state index in [-0.39, 0.29) is 11.1 Å². The van der Waals surface area contributed by atoms with Crippen LogP contribution in [0.1, 0.15) is 6.42 Å². The standard InChI is InChI=1S/C7H13N7OS/c8-7(9)10-2-1-6(15)16-4-3-14-5-11-12-13-14/h5H,1-4H2,(H4,8,9,10). The second kappa shape index (κ2) is 6.77. The summed E-state index contributed by atoms with van der Waals surface area (Å²) in [6, 6.07) is 0. The lowest BCUT2D eigenvalue weighted by atomic mass is 10.5. The van der Waals surface area contributed by atoms with Gasteiger partial charge in [0.25, 0.3) is 0 Å². The minimum atomic E-state index is -0.119. The largest absolute Gasteiger partial charge is 0.370 e. The molecule has 1 aromatic rings. The van der Waals surface area contributed by atoms with Gasteiger partial charge in [-0.05, 0) is 10.4 Å². The molecule has 16 heavy (non-hydrogen) atoms. The monoisotopic (exact) mass is 243 g/mol. The van der Waals surface area contributed by atoms with Gasteiger partial charge in [0.1, 0.15) is 6.33 Å². The van der Waals surface area contributed by atoms with Gasteiger partial charge in [0.15, 0.2) is 11.1 Å². The average Bonchev–Trinajstić information content (AvgIpc) is 2.70. The Morgan fingerprint density at radius 3 is 3.06 bits per heavy atom. The summed E-state index contributed by atoms with van der Waals surface area (Å²) < 4.78 is 1.56. The van der Waals surface area contributed by atoms with Crippen LogP contribution in [-0.2, 0) is 11.3 Å². The zero-order valence-electron chi connectivity index (χ0n) is 8.59. The maximum atomic E-state index is 11.3. The number of hydrogen-bond donors (Lipinski definition) is 3. The molecule has 9 heteroatoms. The van der Waals surface area contributed by atoms with Crippen molar-refractivity contribution in [3.8, 4) is 0 Å². The highest BCUT2D eigenvalue weighted by molar-refractivity contribution is 8.13. The second-order valence-electron chi connectivity index (χ2n) is 2.88. The van der Waals surface area contributed by atoms with Gasteiger partial charge in [-0.1, -0.05) is 11.8 Å². The summed E-state index contributed by atoms with van der Waals surface area (Å²) in [7, 11) is 0. The fourth-order valence-corrected chi connectivity index (χ4v) is 1.66. The van der Waals surface area contributed by atoms with Crippen LogP contribution < -0.4 is 11.1 Å². The van der Waals surface area contributed by atoms with Crippen molar-refractivity contribution >= 4 is 22.8 Å². The van der Waals surface area contributed by atoms with E-state index in [2.05, 4.69) is 20.8 Å². The number of nitrogens with two attached hydrogens (primary N) is 1. The van der Waals surface area contributed by atoms with E-state index < -0.39 is 0 Å². The molecule has 8 nitrogen and oxygen atoms in total. The number of aromatic nitrogens is 4. The van der Waals surface area contributed by atoms with Crippen molar-refractivity contribution in [1.82, 2.24) is 25.5 Å². The Labute approximate surface area is 96.5 Å². The van der Waals surface area contributed by atoms with Crippen molar-refractivity contribution < 1.29 is 4.79 Å². The van der Waals surface area contributed by atoms with Gasteiger partial charge in [0.2, 0.25) is 0 Å². The molecule has 1 aromatic heterocycles. The van der Waals surface area contributed by atoms with Gasteiger partial charge in [0, 0.05) is 18.7 Å². The Morgan fingerprint density at radius 1 is 1.62 bits per heavy atom. The van der Waals surface area contributed by atoms with Gasteiger partial charge in [-0.15, -0.1) is 5.10 Å². The molecule has 1 heterocycles. The third-order valence-corrected chi connectivity index (χ3v) is 2.53. The molecule has 0 radical (unpaired) electrons. The molecule has 0 saturated carbocycles. The minimum Gasteiger partial charge on any atom is -0.370 e. The van der Waals surface area contributed by atoms with Crippen LogP contribution in [0.3, 0.4) is 0 Å². The van der Waals surface area contributed by atoms with E-state index in [0.29, 0.717) is 25.3 Å². The number of carbonyl (C=O) groups excluding carboxylic acids is 1. The average molecular weight is 243 g/mol. The molecule has 0 unspecified atom stereocenters. The number of hydrogen-bond acceptors (Lipinski definition) is 6. The van der Waals surface area contributed by atoms with Crippen molar-refractivity contribution in [2.45, 2.75) is 13.0 Å². The van der Waals surface area contributed by atoms with Crippen molar-refractivity contribution in [3.05, 3.63) is 6.33 Å². The zero-order chi connectivity index (χ0) is 11.8. The molecule has 4 N–H and O–H groups in total. The first-order valence-corrected chi connectivity index (χ1v) is 5.61. The lowest BCUT2D eigenvalue weighted by molar-refractivity contribution is -0.110. The molecule has 0 aliphatic carbocycles. The predicted molar refractivity (Wildman–Crippen MR) is 59.8 cm³/mol. The summed E-state index contributed by atoms with van der Waals surface area (Å²) in [6.07, 6.45) is 1.85. The SMILES string of the molecule is N=C(N)NCCC(=O)SCCn1cnnn1. The van der Waals surface area contributed by atoms with Crippen LogP contribution in [0.5, 0.6) is 0 Å². The Balaban J connectivity index is 2.04. The summed E-state index contributed by atoms with van der Waals surface area (Å²) in [6.45, 7) is 0.996. The van der Waals surface area contributed by atoms with E-state index in [4.69, 9.17) is 11.1 Å². The van der Waals surface area contributed by atoms with Gasteiger partial charge < -0.3 is 11.1 Å². The van der Waals surface area contributed by atoms with Crippen LogP contribution in [0, 0.1) is 5.41 Å². The molecule has 0 fully saturated rings. The van der Waals surface area contributed by atoms with Gasteiger partial charge in [-0.3, -0.25) is 10.2 Å². The molecule has 0 spiro atoms. The molecule has 88 valence electrons. The number of tetrazole rings is 1. The quantitative estimate of drug-likeness (QED) is 0.424. The van der Waals surface area contributed by atoms with Crippen molar-refractivity contribution in [2.75, 3.05) is 12.3 Å². The molecule has 0 aromatic carbocycles.